The van der Waals surface area contributed by atoms with Gasteiger partial charge in [0.15, 0.2) is 5.82 Å². The molecule has 0 unspecified atom stereocenters. The fourth-order valence-corrected chi connectivity index (χ4v) is 2.89. The smallest absolute Gasteiger partial charge is 0.226 e. The van der Waals surface area contributed by atoms with E-state index in [1.807, 2.05) is 37.3 Å². The SMILES string of the molecule is CCc1nc(CN2CCN(C[C@@H](O)COc3ccccc3)CC2)no1. The van der Waals surface area contributed by atoms with Gasteiger partial charge in [-0.25, -0.2) is 0 Å². The van der Waals surface area contributed by atoms with Gasteiger partial charge in [0.2, 0.25) is 5.89 Å². The first-order valence-electron chi connectivity index (χ1n) is 8.85. The van der Waals surface area contributed by atoms with E-state index in [-0.39, 0.29) is 0 Å². The van der Waals surface area contributed by atoms with Crippen LogP contribution < -0.4 is 4.74 Å². The number of aliphatic hydroxyl groups excluding tert-OH is 1. The Hall–Kier alpha value is -1.96. The summed E-state index contributed by atoms with van der Waals surface area (Å²) in [7, 11) is 0. The van der Waals surface area contributed by atoms with Crippen LogP contribution in [-0.2, 0) is 13.0 Å². The largest absolute Gasteiger partial charge is 0.491 e. The minimum absolute atomic E-state index is 0.312. The Kier molecular flexibility index (Phi) is 6.38. The molecule has 0 saturated carbocycles. The van der Waals surface area contributed by atoms with Crippen molar-refractivity contribution in [3.8, 4) is 5.75 Å². The Bertz CT molecular complexity index is 626. The number of aliphatic hydroxyl groups is 1. The molecule has 1 saturated heterocycles. The number of β-amino-alcohol motifs (C(OH)–C–C–N with tert-alkyl or cyclic N) is 1. The van der Waals surface area contributed by atoms with Gasteiger partial charge in [0.1, 0.15) is 18.5 Å². The molecule has 0 aliphatic carbocycles. The van der Waals surface area contributed by atoms with Crippen molar-refractivity contribution in [1.29, 1.82) is 0 Å². The van der Waals surface area contributed by atoms with Crippen molar-refractivity contribution >= 4 is 0 Å². The molecule has 2 aromatic rings. The van der Waals surface area contributed by atoms with Gasteiger partial charge in [-0.05, 0) is 12.1 Å². The topological polar surface area (TPSA) is 74.9 Å². The summed E-state index contributed by atoms with van der Waals surface area (Å²) in [6.45, 7) is 7.36. The molecule has 0 spiro atoms. The molecule has 0 radical (unpaired) electrons. The average Bonchev–Trinajstić information content (AvgIpc) is 3.10. The van der Waals surface area contributed by atoms with Crippen LogP contribution >= 0.6 is 0 Å². The zero-order chi connectivity index (χ0) is 17.5. The third kappa shape index (κ3) is 5.52. The highest BCUT2D eigenvalue weighted by atomic mass is 16.5. The van der Waals surface area contributed by atoms with Crippen molar-refractivity contribution in [3.63, 3.8) is 0 Å². The minimum atomic E-state index is -0.490. The predicted molar refractivity (Wildman–Crippen MR) is 93.3 cm³/mol. The Morgan fingerprint density at radius 2 is 1.88 bits per heavy atom. The number of aryl methyl sites for hydroxylation is 1. The Morgan fingerprint density at radius 3 is 2.56 bits per heavy atom. The number of para-hydroxylation sites is 1. The van der Waals surface area contributed by atoms with Crippen molar-refractivity contribution in [2.45, 2.75) is 26.0 Å². The van der Waals surface area contributed by atoms with Crippen LogP contribution in [0.1, 0.15) is 18.6 Å². The van der Waals surface area contributed by atoms with Gasteiger partial charge in [0.05, 0.1) is 6.54 Å². The molecule has 1 aliphatic heterocycles. The summed E-state index contributed by atoms with van der Waals surface area (Å²) in [4.78, 5) is 8.93. The maximum atomic E-state index is 10.2. The van der Waals surface area contributed by atoms with Gasteiger partial charge >= 0.3 is 0 Å². The van der Waals surface area contributed by atoms with Gasteiger partial charge in [0, 0.05) is 39.1 Å². The maximum Gasteiger partial charge on any atom is 0.226 e. The monoisotopic (exact) mass is 346 g/mol. The van der Waals surface area contributed by atoms with E-state index in [1.165, 1.54) is 0 Å². The second-order valence-electron chi connectivity index (χ2n) is 6.31. The van der Waals surface area contributed by atoms with Crippen molar-refractivity contribution in [2.75, 3.05) is 39.3 Å². The summed E-state index contributed by atoms with van der Waals surface area (Å²) in [6.07, 6.45) is 0.278. The van der Waals surface area contributed by atoms with Gasteiger partial charge < -0.3 is 14.4 Å². The Morgan fingerprint density at radius 1 is 1.16 bits per heavy atom. The van der Waals surface area contributed by atoms with E-state index in [4.69, 9.17) is 9.26 Å². The van der Waals surface area contributed by atoms with Gasteiger partial charge in [-0.2, -0.15) is 4.98 Å². The highest BCUT2D eigenvalue weighted by Crippen LogP contribution is 2.10. The van der Waals surface area contributed by atoms with Crippen LogP contribution in [0, 0.1) is 0 Å². The molecule has 1 aromatic carbocycles. The summed E-state index contributed by atoms with van der Waals surface area (Å²) >= 11 is 0. The molecule has 2 heterocycles. The van der Waals surface area contributed by atoms with Crippen LogP contribution in [-0.4, -0.2) is 70.5 Å². The summed E-state index contributed by atoms with van der Waals surface area (Å²) < 4.78 is 10.8. The van der Waals surface area contributed by atoms with Crippen LogP contribution in [0.15, 0.2) is 34.9 Å². The fraction of sp³-hybridized carbons (Fsp3) is 0.556. The fourth-order valence-electron chi connectivity index (χ4n) is 2.89. The molecule has 7 nitrogen and oxygen atoms in total. The van der Waals surface area contributed by atoms with Gasteiger partial charge in [-0.3, -0.25) is 9.80 Å². The van der Waals surface area contributed by atoms with Crippen LogP contribution in [0.4, 0.5) is 0 Å². The first-order chi connectivity index (χ1) is 12.2. The molecule has 1 N–H and O–H groups in total. The zero-order valence-corrected chi connectivity index (χ0v) is 14.7. The summed E-state index contributed by atoms with van der Waals surface area (Å²) in [6, 6.07) is 9.59. The van der Waals surface area contributed by atoms with Crippen LogP contribution in [0.5, 0.6) is 5.75 Å². The second-order valence-corrected chi connectivity index (χ2v) is 6.31. The third-order valence-corrected chi connectivity index (χ3v) is 4.30. The van der Waals surface area contributed by atoms with Crippen molar-refractivity contribution < 1.29 is 14.4 Å². The number of aromatic nitrogens is 2. The van der Waals surface area contributed by atoms with E-state index in [0.29, 0.717) is 19.0 Å². The lowest BCUT2D eigenvalue weighted by Gasteiger charge is -2.34. The van der Waals surface area contributed by atoms with Gasteiger partial charge in [-0.15, -0.1) is 0 Å². The quantitative estimate of drug-likeness (QED) is 0.769. The molecule has 0 amide bonds. The second kappa shape index (κ2) is 8.94. The molecule has 136 valence electrons. The summed E-state index contributed by atoms with van der Waals surface area (Å²) in [5.41, 5.74) is 0. The number of rotatable bonds is 8. The molecule has 25 heavy (non-hydrogen) atoms. The van der Waals surface area contributed by atoms with E-state index >= 15 is 0 Å². The van der Waals surface area contributed by atoms with Crippen molar-refractivity contribution in [2.24, 2.45) is 0 Å². The molecule has 7 heteroatoms. The molecule has 0 bridgehead atoms. The number of hydrogen-bond donors (Lipinski definition) is 1. The molecular weight excluding hydrogens is 320 g/mol. The number of nitrogens with zero attached hydrogens (tertiary/aromatic N) is 4. The molecule has 1 atom stereocenters. The van der Waals surface area contributed by atoms with Gasteiger partial charge in [0.25, 0.3) is 0 Å². The van der Waals surface area contributed by atoms with E-state index in [1.54, 1.807) is 0 Å². The van der Waals surface area contributed by atoms with Crippen LogP contribution in [0.25, 0.3) is 0 Å². The molecule has 1 aliphatic rings. The van der Waals surface area contributed by atoms with Crippen LogP contribution in [0.3, 0.4) is 0 Å². The molecule has 1 fully saturated rings. The highest BCUT2D eigenvalue weighted by molar-refractivity contribution is 5.20. The van der Waals surface area contributed by atoms with E-state index < -0.39 is 6.10 Å². The normalized spacial score (nSPS) is 17.5. The highest BCUT2D eigenvalue weighted by Gasteiger charge is 2.21. The molecule has 3 rings (SSSR count). The minimum Gasteiger partial charge on any atom is -0.491 e. The van der Waals surface area contributed by atoms with Crippen molar-refractivity contribution in [3.05, 3.63) is 42.0 Å². The van der Waals surface area contributed by atoms with E-state index in [9.17, 15) is 5.11 Å². The molecular formula is C18H26N4O3. The number of hydrogen-bond acceptors (Lipinski definition) is 7. The van der Waals surface area contributed by atoms with Crippen molar-refractivity contribution in [1.82, 2.24) is 19.9 Å². The van der Waals surface area contributed by atoms with E-state index in [0.717, 1.165) is 50.7 Å². The Labute approximate surface area is 148 Å². The number of benzene rings is 1. The first-order valence-corrected chi connectivity index (χ1v) is 8.85. The maximum absolute atomic E-state index is 10.2. The summed E-state index contributed by atoms with van der Waals surface area (Å²) in [5.74, 6) is 2.23. The number of ether oxygens (including phenoxy) is 1. The first kappa shape index (κ1) is 17.8. The average molecular weight is 346 g/mol. The third-order valence-electron chi connectivity index (χ3n) is 4.30. The standard InChI is InChI=1S/C18H26N4O3/c1-2-18-19-17(20-25-18)13-22-10-8-21(9-11-22)12-15(23)14-24-16-6-4-3-5-7-16/h3-7,15,23H,2,8-14H2,1H3/t15-/m1/s1. The van der Waals surface area contributed by atoms with E-state index in [2.05, 4.69) is 19.9 Å². The zero-order valence-electron chi connectivity index (χ0n) is 14.7. The lowest BCUT2D eigenvalue weighted by Crippen LogP contribution is -2.48. The number of piperazine rings is 1. The molecule has 1 aromatic heterocycles. The lowest BCUT2D eigenvalue weighted by atomic mass is 10.2. The van der Waals surface area contributed by atoms with Gasteiger partial charge in [-0.1, -0.05) is 30.3 Å². The lowest BCUT2D eigenvalue weighted by molar-refractivity contribution is 0.0440. The van der Waals surface area contributed by atoms with Crippen LogP contribution in [0.2, 0.25) is 0 Å². The summed E-state index contributed by atoms with van der Waals surface area (Å²) in [5, 5.41) is 14.2. The predicted octanol–water partition coefficient (Wildman–Crippen LogP) is 1.19. The Balaban J connectivity index is 1.35.